The van der Waals surface area contributed by atoms with Crippen molar-refractivity contribution in [1.29, 1.82) is 0 Å². The maximum absolute atomic E-state index is 12.4. The fourth-order valence-electron chi connectivity index (χ4n) is 2.16. The van der Waals surface area contributed by atoms with Crippen LogP contribution in [0.25, 0.3) is 0 Å². The molecule has 28 heavy (non-hydrogen) atoms. The van der Waals surface area contributed by atoms with E-state index in [9.17, 15) is 18.0 Å². The molecule has 2 rings (SSSR count). The number of sulfonamides is 1. The van der Waals surface area contributed by atoms with E-state index in [1.165, 1.54) is 44.6 Å². The highest BCUT2D eigenvalue weighted by molar-refractivity contribution is 7.89. The lowest BCUT2D eigenvalue weighted by Crippen LogP contribution is -2.37. The third kappa shape index (κ3) is 6.19. The summed E-state index contributed by atoms with van der Waals surface area (Å²) in [5, 5.41) is 2.55. The Labute approximate surface area is 163 Å². The lowest BCUT2D eigenvalue weighted by molar-refractivity contribution is -0.129. The molecular formula is C18H22N2O7S. The van der Waals surface area contributed by atoms with Crippen molar-refractivity contribution < 1.29 is 31.9 Å². The van der Waals surface area contributed by atoms with Crippen LogP contribution in [0.2, 0.25) is 0 Å². The van der Waals surface area contributed by atoms with Crippen molar-refractivity contribution in [3.8, 4) is 0 Å². The highest BCUT2D eigenvalue weighted by atomic mass is 32.2. The second-order valence-corrected chi connectivity index (χ2v) is 7.53. The van der Waals surface area contributed by atoms with Gasteiger partial charge in [0.15, 0.2) is 6.10 Å². The molecule has 9 nitrogen and oxygen atoms in total. The van der Waals surface area contributed by atoms with Crippen LogP contribution >= 0.6 is 0 Å². The first-order chi connectivity index (χ1) is 13.3. The van der Waals surface area contributed by atoms with E-state index in [4.69, 9.17) is 13.9 Å². The molecule has 10 heteroatoms. The van der Waals surface area contributed by atoms with E-state index in [2.05, 4.69) is 10.0 Å². The Morgan fingerprint density at radius 1 is 1.21 bits per heavy atom. The number of nitrogens with one attached hydrogen (secondary N) is 2. The van der Waals surface area contributed by atoms with Gasteiger partial charge in [0.1, 0.15) is 5.76 Å². The number of carbonyl (C=O) groups excluding carboxylic acids is 2. The zero-order chi connectivity index (χ0) is 20.6. The Balaban J connectivity index is 2.01. The smallest absolute Gasteiger partial charge is 0.338 e. The van der Waals surface area contributed by atoms with Crippen molar-refractivity contribution in [3.05, 3.63) is 54.0 Å². The summed E-state index contributed by atoms with van der Waals surface area (Å²) >= 11 is 0. The first-order valence-corrected chi connectivity index (χ1v) is 9.91. The quantitative estimate of drug-likeness (QED) is 0.443. The average Bonchev–Trinajstić information content (AvgIpc) is 3.20. The number of methoxy groups -OCH3 is 1. The molecular weight excluding hydrogens is 388 g/mol. The van der Waals surface area contributed by atoms with Crippen molar-refractivity contribution in [2.75, 3.05) is 20.3 Å². The van der Waals surface area contributed by atoms with Gasteiger partial charge in [-0.3, -0.25) is 4.79 Å². The van der Waals surface area contributed by atoms with Crippen LogP contribution in [0.3, 0.4) is 0 Å². The molecule has 0 aliphatic carbocycles. The predicted molar refractivity (Wildman–Crippen MR) is 98.9 cm³/mol. The van der Waals surface area contributed by atoms with Gasteiger partial charge in [0.2, 0.25) is 10.0 Å². The van der Waals surface area contributed by atoms with Gasteiger partial charge in [-0.25, -0.2) is 17.9 Å². The number of hydrogen-bond acceptors (Lipinski definition) is 7. The second-order valence-electron chi connectivity index (χ2n) is 5.76. The summed E-state index contributed by atoms with van der Waals surface area (Å²) in [6, 6.07) is 8.64. The minimum atomic E-state index is -3.86. The first kappa shape index (κ1) is 21.6. The van der Waals surface area contributed by atoms with Gasteiger partial charge < -0.3 is 19.2 Å². The van der Waals surface area contributed by atoms with Crippen LogP contribution in [0, 0.1) is 0 Å². The third-order valence-electron chi connectivity index (χ3n) is 3.66. The standard InChI is InChI=1S/C18H22N2O7S/c1-13(17(21)19-8-10-25-2)27-18(22)14-5-3-7-16(11-14)28(23,24)20-12-15-6-4-9-26-15/h3-7,9,11,13,20H,8,10,12H2,1-2H3,(H,19,21)/t13-/m0/s1. The van der Waals surface area contributed by atoms with Gasteiger partial charge in [-0.2, -0.15) is 0 Å². The molecule has 0 aliphatic rings. The van der Waals surface area contributed by atoms with Gasteiger partial charge in [-0.05, 0) is 37.3 Å². The highest BCUT2D eigenvalue weighted by Crippen LogP contribution is 2.14. The molecule has 0 spiro atoms. The van der Waals surface area contributed by atoms with Crippen molar-refractivity contribution in [3.63, 3.8) is 0 Å². The summed E-state index contributed by atoms with van der Waals surface area (Å²) in [5.41, 5.74) is 0.0115. The van der Waals surface area contributed by atoms with Gasteiger partial charge in [-0.15, -0.1) is 0 Å². The SMILES string of the molecule is COCCNC(=O)[C@H](C)OC(=O)c1cccc(S(=O)(=O)NCc2ccco2)c1. The van der Waals surface area contributed by atoms with E-state index in [1.807, 2.05) is 0 Å². The van der Waals surface area contributed by atoms with Crippen LogP contribution in [0.1, 0.15) is 23.0 Å². The number of carbonyl (C=O) groups is 2. The van der Waals surface area contributed by atoms with Crippen LogP contribution in [0.5, 0.6) is 0 Å². The van der Waals surface area contributed by atoms with E-state index in [-0.39, 0.29) is 23.5 Å². The summed E-state index contributed by atoms with van der Waals surface area (Å²) in [4.78, 5) is 24.0. The molecule has 0 bridgehead atoms. The van der Waals surface area contributed by atoms with Gasteiger partial charge in [0, 0.05) is 13.7 Å². The van der Waals surface area contributed by atoms with Crippen molar-refractivity contribution in [2.45, 2.75) is 24.5 Å². The normalized spacial score (nSPS) is 12.4. The predicted octanol–water partition coefficient (Wildman–Crippen LogP) is 1.07. The van der Waals surface area contributed by atoms with E-state index in [0.717, 1.165) is 0 Å². The molecule has 0 aliphatic heterocycles. The first-order valence-electron chi connectivity index (χ1n) is 8.43. The molecule has 1 heterocycles. The molecule has 152 valence electrons. The number of esters is 1. The molecule has 0 unspecified atom stereocenters. The lowest BCUT2D eigenvalue weighted by atomic mass is 10.2. The van der Waals surface area contributed by atoms with E-state index < -0.39 is 28.0 Å². The van der Waals surface area contributed by atoms with Gasteiger partial charge >= 0.3 is 5.97 Å². The van der Waals surface area contributed by atoms with Gasteiger partial charge in [-0.1, -0.05) is 6.07 Å². The monoisotopic (exact) mass is 410 g/mol. The summed E-state index contributed by atoms with van der Waals surface area (Å²) < 4.78 is 42.2. The molecule has 0 saturated carbocycles. The Morgan fingerprint density at radius 2 is 2.00 bits per heavy atom. The summed E-state index contributed by atoms with van der Waals surface area (Å²) in [6.45, 7) is 2.01. The number of ether oxygens (including phenoxy) is 2. The molecule has 1 amide bonds. The van der Waals surface area contributed by atoms with Crippen LogP contribution in [-0.4, -0.2) is 46.7 Å². The molecule has 1 atom stereocenters. The van der Waals surface area contributed by atoms with Gasteiger partial charge in [0.05, 0.1) is 29.9 Å². The summed E-state index contributed by atoms with van der Waals surface area (Å²) in [5.74, 6) is -0.834. The van der Waals surface area contributed by atoms with Gasteiger partial charge in [0.25, 0.3) is 5.91 Å². The Hall–Kier alpha value is -2.69. The third-order valence-corrected chi connectivity index (χ3v) is 5.05. The molecule has 0 saturated heterocycles. The van der Waals surface area contributed by atoms with Crippen LogP contribution in [-0.2, 0) is 30.8 Å². The minimum Gasteiger partial charge on any atom is -0.468 e. The minimum absolute atomic E-state index is 0.0115. The summed E-state index contributed by atoms with van der Waals surface area (Å²) in [6.07, 6.45) is 0.397. The van der Waals surface area contributed by atoms with Crippen molar-refractivity contribution in [1.82, 2.24) is 10.0 Å². The fourth-order valence-corrected chi connectivity index (χ4v) is 3.19. The zero-order valence-corrected chi connectivity index (χ0v) is 16.3. The average molecular weight is 410 g/mol. The molecule has 2 N–H and O–H groups in total. The Bertz CT molecular complexity index is 894. The molecule has 1 aromatic heterocycles. The number of rotatable bonds is 10. The maximum atomic E-state index is 12.4. The fraction of sp³-hybridized carbons (Fsp3) is 0.333. The number of furan rings is 1. The van der Waals surface area contributed by atoms with Crippen LogP contribution < -0.4 is 10.0 Å². The maximum Gasteiger partial charge on any atom is 0.338 e. The molecule has 0 fully saturated rings. The summed E-state index contributed by atoms with van der Waals surface area (Å²) in [7, 11) is -2.36. The van der Waals surface area contributed by atoms with Crippen molar-refractivity contribution in [2.24, 2.45) is 0 Å². The molecule has 2 aromatic rings. The topological polar surface area (TPSA) is 124 Å². The molecule has 0 radical (unpaired) electrons. The number of amides is 1. The van der Waals surface area contributed by atoms with Crippen molar-refractivity contribution >= 4 is 21.9 Å². The van der Waals surface area contributed by atoms with E-state index >= 15 is 0 Å². The largest absolute Gasteiger partial charge is 0.468 e. The van der Waals surface area contributed by atoms with E-state index in [1.54, 1.807) is 12.1 Å². The Kier molecular flexibility index (Phi) is 7.73. The molecule has 1 aromatic carbocycles. The number of hydrogen-bond donors (Lipinski definition) is 2. The number of benzene rings is 1. The second kappa shape index (κ2) is 10.0. The lowest BCUT2D eigenvalue weighted by Gasteiger charge is -2.14. The van der Waals surface area contributed by atoms with E-state index in [0.29, 0.717) is 12.4 Å². The van der Waals surface area contributed by atoms with Crippen LogP contribution in [0.15, 0.2) is 52.0 Å². The Morgan fingerprint density at radius 3 is 2.68 bits per heavy atom. The van der Waals surface area contributed by atoms with Crippen LogP contribution in [0.4, 0.5) is 0 Å². The highest BCUT2D eigenvalue weighted by Gasteiger charge is 2.21. The zero-order valence-electron chi connectivity index (χ0n) is 15.5.